The van der Waals surface area contributed by atoms with Crippen molar-refractivity contribution in [2.45, 2.75) is 6.92 Å². The number of aromatic nitrogens is 2. The van der Waals surface area contributed by atoms with E-state index in [4.69, 9.17) is 4.74 Å². The van der Waals surface area contributed by atoms with E-state index in [2.05, 4.69) is 30.6 Å². The molecule has 19 heavy (non-hydrogen) atoms. The fraction of sp³-hybridized carbons (Fsp3) is 0.154. The molecule has 0 bridgehead atoms. The van der Waals surface area contributed by atoms with E-state index < -0.39 is 5.97 Å². The molecule has 2 aromatic rings. The summed E-state index contributed by atoms with van der Waals surface area (Å²) < 4.78 is 11.0. The fourth-order valence-electron chi connectivity index (χ4n) is 1.39. The van der Waals surface area contributed by atoms with Crippen molar-refractivity contribution in [3.8, 4) is 11.6 Å². The molecule has 1 heterocycles. The first kappa shape index (κ1) is 13.5. The molecule has 0 aliphatic carbocycles. The lowest BCUT2D eigenvalue weighted by atomic mass is 10.2. The predicted octanol–water partition coefficient (Wildman–Crippen LogP) is 3.13. The van der Waals surface area contributed by atoms with E-state index in [-0.39, 0.29) is 11.7 Å². The van der Waals surface area contributed by atoms with Gasteiger partial charge in [-0.25, -0.2) is 9.78 Å². The second kappa shape index (κ2) is 5.79. The quantitative estimate of drug-likeness (QED) is 0.812. The topological polar surface area (TPSA) is 61.3 Å². The van der Waals surface area contributed by atoms with Gasteiger partial charge in [0.2, 0.25) is 11.7 Å². The van der Waals surface area contributed by atoms with Crippen LogP contribution in [0, 0.1) is 6.92 Å². The van der Waals surface area contributed by atoms with Gasteiger partial charge in [-0.1, -0.05) is 6.07 Å². The standard InChI is InChI=1S/C13H11BrN2O3/c1-8-3-4-10(9(14)7-8)19-11-5-6-15-12(16-11)13(17)18-2/h3-7H,1-2H3. The summed E-state index contributed by atoms with van der Waals surface area (Å²) in [5.41, 5.74) is 1.11. The number of nitrogens with zero attached hydrogens (tertiary/aromatic N) is 2. The smallest absolute Gasteiger partial charge is 0.376 e. The van der Waals surface area contributed by atoms with Gasteiger partial charge in [0.05, 0.1) is 11.6 Å². The Bertz CT molecular complexity index is 617. The van der Waals surface area contributed by atoms with Crippen molar-refractivity contribution < 1.29 is 14.3 Å². The molecule has 0 aliphatic heterocycles. The van der Waals surface area contributed by atoms with E-state index in [1.165, 1.54) is 13.3 Å². The first-order valence-corrected chi connectivity index (χ1v) is 6.25. The highest BCUT2D eigenvalue weighted by Gasteiger charge is 2.11. The second-order valence-corrected chi connectivity index (χ2v) is 4.60. The molecule has 0 unspecified atom stereocenters. The van der Waals surface area contributed by atoms with E-state index >= 15 is 0 Å². The van der Waals surface area contributed by atoms with Crippen LogP contribution < -0.4 is 4.74 Å². The number of esters is 1. The van der Waals surface area contributed by atoms with Crippen LogP contribution in [0.15, 0.2) is 34.9 Å². The maximum Gasteiger partial charge on any atom is 0.376 e. The lowest BCUT2D eigenvalue weighted by Crippen LogP contribution is -2.07. The third-order valence-electron chi connectivity index (χ3n) is 2.30. The maximum atomic E-state index is 11.3. The SMILES string of the molecule is COC(=O)c1nccc(Oc2ccc(C)cc2Br)n1. The molecule has 98 valence electrons. The molecule has 1 aromatic heterocycles. The number of ether oxygens (including phenoxy) is 2. The van der Waals surface area contributed by atoms with E-state index in [1.807, 2.05) is 25.1 Å². The molecule has 5 nitrogen and oxygen atoms in total. The Hall–Kier alpha value is -1.95. The number of methoxy groups -OCH3 is 1. The van der Waals surface area contributed by atoms with Gasteiger partial charge in [0, 0.05) is 12.3 Å². The highest BCUT2D eigenvalue weighted by atomic mass is 79.9. The molecule has 0 saturated heterocycles. The minimum absolute atomic E-state index is 0.0387. The van der Waals surface area contributed by atoms with Crippen molar-refractivity contribution in [3.05, 3.63) is 46.3 Å². The van der Waals surface area contributed by atoms with Crippen LogP contribution in [-0.2, 0) is 4.74 Å². The van der Waals surface area contributed by atoms with Gasteiger partial charge in [-0.15, -0.1) is 0 Å². The Morgan fingerprint density at radius 1 is 1.32 bits per heavy atom. The van der Waals surface area contributed by atoms with Crippen LogP contribution in [0.4, 0.5) is 0 Å². The minimum atomic E-state index is -0.603. The van der Waals surface area contributed by atoms with Gasteiger partial charge >= 0.3 is 5.97 Å². The number of halogens is 1. The molecule has 0 N–H and O–H groups in total. The molecule has 0 radical (unpaired) electrons. The zero-order valence-corrected chi connectivity index (χ0v) is 12.0. The fourth-order valence-corrected chi connectivity index (χ4v) is 1.96. The summed E-state index contributed by atoms with van der Waals surface area (Å²) in [7, 11) is 1.27. The molecular formula is C13H11BrN2O3. The molecule has 0 aliphatic rings. The highest BCUT2D eigenvalue weighted by molar-refractivity contribution is 9.10. The van der Waals surface area contributed by atoms with Crippen molar-refractivity contribution in [3.63, 3.8) is 0 Å². The van der Waals surface area contributed by atoms with Crippen LogP contribution in [0.3, 0.4) is 0 Å². The van der Waals surface area contributed by atoms with Crippen molar-refractivity contribution in [1.82, 2.24) is 9.97 Å². The van der Waals surface area contributed by atoms with Crippen molar-refractivity contribution in [2.75, 3.05) is 7.11 Å². The Morgan fingerprint density at radius 3 is 2.79 bits per heavy atom. The third kappa shape index (κ3) is 3.29. The Morgan fingerprint density at radius 2 is 2.11 bits per heavy atom. The lowest BCUT2D eigenvalue weighted by molar-refractivity contribution is 0.0585. The van der Waals surface area contributed by atoms with Crippen LogP contribution in [0.1, 0.15) is 16.2 Å². The Balaban J connectivity index is 2.26. The van der Waals surface area contributed by atoms with Crippen molar-refractivity contribution in [1.29, 1.82) is 0 Å². The van der Waals surface area contributed by atoms with E-state index in [0.717, 1.165) is 10.0 Å². The Labute approximate surface area is 118 Å². The summed E-state index contributed by atoms with van der Waals surface area (Å²) in [5.74, 6) is 0.247. The number of aryl methyl sites for hydroxylation is 1. The number of hydrogen-bond acceptors (Lipinski definition) is 5. The summed E-state index contributed by atoms with van der Waals surface area (Å²) >= 11 is 3.41. The molecule has 6 heteroatoms. The first-order valence-electron chi connectivity index (χ1n) is 5.45. The first-order chi connectivity index (χ1) is 9.10. The number of benzene rings is 1. The van der Waals surface area contributed by atoms with Crippen LogP contribution >= 0.6 is 15.9 Å². The summed E-state index contributed by atoms with van der Waals surface area (Å²) in [5, 5.41) is 0. The van der Waals surface area contributed by atoms with Gasteiger partial charge in [-0.3, -0.25) is 0 Å². The average Bonchev–Trinajstić information content (AvgIpc) is 2.41. The molecule has 0 atom stereocenters. The van der Waals surface area contributed by atoms with Gasteiger partial charge < -0.3 is 9.47 Å². The molecule has 0 fully saturated rings. The molecule has 2 rings (SSSR count). The molecular weight excluding hydrogens is 312 g/mol. The number of carbonyl (C=O) groups is 1. The molecule has 0 amide bonds. The van der Waals surface area contributed by atoms with Crippen molar-refractivity contribution >= 4 is 21.9 Å². The monoisotopic (exact) mass is 322 g/mol. The van der Waals surface area contributed by atoms with E-state index in [0.29, 0.717) is 5.75 Å². The van der Waals surface area contributed by atoms with Gasteiger partial charge in [0.1, 0.15) is 5.75 Å². The average molecular weight is 323 g/mol. The van der Waals surface area contributed by atoms with Crippen LogP contribution in [-0.4, -0.2) is 23.0 Å². The normalized spacial score (nSPS) is 10.1. The highest BCUT2D eigenvalue weighted by Crippen LogP contribution is 2.29. The minimum Gasteiger partial charge on any atom is -0.463 e. The largest absolute Gasteiger partial charge is 0.463 e. The van der Waals surface area contributed by atoms with Crippen LogP contribution in [0.25, 0.3) is 0 Å². The van der Waals surface area contributed by atoms with Gasteiger partial charge in [0.15, 0.2) is 0 Å². The zero-order chi connectivity index (χ0) is 13.8. The maximum absolute atomic E-state index is 11.3. The number of rotatable bonds is 3. The van der Waals surface area contributed by atoms with Gasteiger partial charge in [-0.05, 0) is 40.5 Å². The summed E-state index contributed by atoms with van der Waals surface area (Å²) in [6, 6.07) is 7.23. The Kier molecular flexibility index (Phi) is 4.11. The predicted molar refractivity (Wildman–Crippen MR) is 72.3 cm³/mol. The molecule has 1 aromatic carbocycles. The van der Waals surface area contributed by atoms with Gasteiger partial charge in [-0.2, -0.15) is 4.98 Å². The van der Waals surface area contributed by atoms with Crippen LogP contribution in [0.2, 0.25) is 0 Å². The van der Waals surface area contributed by atoms with E-state index in [9.17, 15) is 4.79 Å². The van der Waals surface area contributed by atoms with E-state index in [1.54, 1.807) is 6.07 Å². The summed E-state index contributed by atoms with van der Waals surface area (Å²) in [6.45, 7) is 1.98. The number of carbonyl (C=O) groups excluding carboxylic acids is 1. The second-order valence-electron chi connectivity index (χ2n) is 3.75. The van der Waals surface area contributed by atoms with Crippen molar-refractivity contribution in [2.24, 2.45) is 0 Å². The summed E-state index contributed by atoms with van der Waals surface area (Å²) in [4.78, 5) is 19.1. The van der Waals surface area contributed by atoms with Crippen LogP contribution in [0.5, 0.6) is 11.6 Å². The van der Waals surface area contributed by atoms with Gasteiger partial charge in [0.25, 0.3) is 0 Å². The molecule has 0 spiro atoms. The third-order valence-corrected chi connectivity index (χ3v) is 2.92. The zero-order valence-electron chi connectivity index (χ0n) is 10.4. The lowest BCUT2D eigenvalue weighted by Gasteiger charge is -2.07. The summed E-state index contributed by atoms with van der Waals surface area (Å²) in [6.07, 6.45) is 1.44. The molecule has 0 saturated carbocycles. The number of hydrogen-bond donors (Lipinski definition) is 0.